The van der Waals surface area contributed by atoms with Gasteiger partial charge in [0.1, 0.15) is 6.61 Å². The van der Waals surface area contributed by atoms with Crippen molar-refractivity contribution in [3.8, 4) is 0 Å². The molecule has 1 rings (SSSR count). The second-order valence-corrected chi connectivity index (χ2v) is 3.27. The van der Waals surface area contributed by atoms with Crippen molar-refractivity contribution in [1.29, 1.82) is 0 Å². The molecule has 0 saturated carbocycles. The first-order valence-corrected chi connectivity index (χ1v) is 4.82. The Kier molecular flexibility index (Phi) is 13.2. The van der Waals surface area contributed by atoms with E-state index in [1.807, 2.05) is 30.3 Å². The van der Waals surface area contributed by atoms with Crippen molar-refractivity contribution in [2.45, 2.75) is 6.61 Å². The number of hydrogen-bond acceptors (Lipinski definition) is 3. The summed E-state index contributed by atoms with van der Waals surface area (Å²) in [6, 6.07) is 9.75. The summed E-state index contributed by atoms with van der Waals surface area (Å²) < 4.78 is 4.94. The van der Waals surface area contributed by atoms with E-state index in [9.17, 15) is 0 Å². The number of primary amides is 1. The topological polar surface area (TPSA) is 78.3 Å². The maximum atomic E-state index is 9.09. The molecule has 0 aliphatic rings. The summed E-state index contributed by atoms with van der Waals surface area (Å²) in [5.41, 5.74) is 10.6. The SMILES string of the molecule is NC(=O)S.NC(=S)OCc1ccccc1.[Ca+2].[H-].[H-]. The van der Waals surface area contributed by atoms with Gasteiger partial charge >= 0.3 is 37.7 Å². The van der Waals surface area contributed by atoms with Crippen LogP contribution in [0.1, 0.15) is 8.42 Å². The molecular formula is C9H14CaN2O2S2. The molecule has 7 heteroatoms. The molecule has 0 radical (unpaired) electrons. The standard InChI is InChI=1S/C8H9NOS.CH3NOS.Ca.2H/c9-8(11)10-6-7-4-2-1-3-5-7;2-1(3)4;;;/h1-5H,6H2,(H2,9,11);(H3,2,3,4);;;/q;;+2;2*-1. The summed E-state index contributed by atoms with van der Waals surface area (Å²) in [5, 5.41) is -0.547. The van der Waals surface area contributed by atoms with Gasteiger partial charge in [0.25, 0.3) is 10.4 Å². The molecule has 0 aliphatic heterocycles. The van der Waals surface area contributed by atoms with Gasteiger partial charge in [0, 0.05) is 0 Å². The minimum atomic E-state index is -0.639. The largest absolute Gasteiger partial charge is 2.00 e. The number of carbonyl (C=O) groups is 1. The van der Waals surface area contributed by atoms with Crippen molar-refractivity contribution < 1.29 is 12.4 Å². The van der Waals surface area contributed by atoms with Crippen LogP contribution in [0.3, 0.4) is 0 Å². The Morgan fingerprint density at radius 3 is 2.19 bits per heavy atom. The number of rotatable bonds is 2. The monoisotopic (exact) mass is 286 g/mol. The summed E-state index contributed by atoms with van der Waals surface area (Å²) >= 11 is 7.66. The molecule has 1 aromatic carbocycles. The van der Waals surface area contributed by atoms with Crippen LogP contribution < -0.4 is 11.5 Å². The minimum Gasteiger partial charge on any atom is -1.00 e. The Morgan fingerprint density at radius 1 is 1.38 bits per heavy atom. The van der Waals surface area contributed by atoms with Crippen LogP contribution in [0.25, 0.3) is 0 Å². The van der Waals surface area contributed by atoms with Crippen molar-refractivity contribution in [1.82, 2.24) is 0 Å². The second kappa shape index (κ2) is 11.5. The number of nitrogens with two attached hydrogens (primary N) is 2. The predicted octanol–water partition coefficient (Wildman–Crippen LogP) is 1.29. The molecule has 86 valence electrons. The van der Waals surface area contributed by atoms with Crippen molar-refractivity contribution in [2.75, 3.05) is 0 Å². The third kappa shape index (κ3) is 14.0. The van der Waals surface area contributed by atoms with E-state index in [1.165, 1.54) is 0 Å². The Balaban J connectivity index is -0.000000125. The quantitative estimate of drug-likeness (QED) is 0.435. The van der Waals surface area contributed by atoms with Crippen LogP contribution in [0.5, 0.6) is 0 Å². The Bertz CT molecular complexity index is 328. The maximum absolute atomic E-state index is 9.09. The average molecular weight is 286 g/mol. The third-order valence-electron chi connectivity index (χ3n) is 1.22. The number of hydrogen-bond donors (Lipinski definition) is 3. The van der Waals surface area contributed by atoms with Crippen LogP contribution in [0.4, 0.5) is 4.79 Å². The van der Waals surface area contributed by atoms with Gasteiger partial charge in [-0.1, -0.05) is 43.0 Å². The van der Waals surface area contributed by atoms with E-state index in [-0.39, 0.29) is 45.8 Å². The Labute approximate surface area is 138 Å². The molecule has 0 aromatic heterocycles. The number of carbonyl (C=O) groups excluding carboxylic acids is 1. The molecule has 0 unspecified atom stereocenters. The van der Waals surface area contributed by atoms with Crippen LogP contribution >= 0.6 is 24.8 Å². The molecule has 0 bridgehead atoms. The molecular weight excluding hydrogens is 272 g/mol. The molecule has 1 aromatic rings. The van der Waals surface area contributed by atoms with Gasteiger partial charge in [0.05, 0.1) is 0 Å². The fraction of sp³-hybridized carbons (Fsp3) is 0.111. The van der Waals surface area contributed by atoms with Gasteiger partial charge in [-0.3, -0.25) is 4.79 Å². The van der Waals surface area contributed by atoms with Crippen molar-refractivity contribution in [2.24, 2.45) is 11.5 Å². The number of thiol groups is 1. The smallest absolute Gasteiger partial charge is 1.00 e. The molecule has 0 atom stereocenters. The zero-order chi connectivity index (χ0) is 11.7. The van der Waals surface area contributed by atoms with E-state index in [1.54, 1.807) is 0 Å². The number of benzene rings is 1. The first kappa shape index (κ1) is 18.4. The number of amides is 1. The van der Waals surface area contributed by atoms with E-state index < -0.39 is 5.24 Å². The first-order chi connectivity index (χ1) is 7.02. The minimum absolute atomic E-state index is 0. The van der Waals surface area contributed by atoms with Gasteiger partial charge in [-0.25, -0.2) is 0 Å². The van der Waals surface area contributed by atoms with Gasteiger partial charge in [0.2, 0.25) is 0 Å². The van der Waals surface area contributed by atoms with E-state index in [0.29, 0.717) is 6.61 Å². The predicted molar refractivity (Wildman–Crippen MR) is 74.6 cm³/mol. The van der Waals surface area contributed by atoms with Crippen LogP contribution in [0, 0.1) is 0 Å². The summed E-state index contributed by atoms with van der Waals surface area (Å²) in [4.78, 5) is 9.09. The third-order valence-corrected chi connectivity index (χ3v) is 1.34. The summed E-state index contributed by atoms with van der Waals surface area (Å²) in [6.07, 6.45) is 0. The van der Waals surface area contributed by atoms with Crippen molar-refractivity contribution in [3.05, 3.63) is 35.9 Å². The Hall–Kier alpha value is -0.0103. The van der Waals surface area contributed by atoms with E-state index in [2.05, 4.69) is 30.6 Å². The van der Waals surface area contributed by atoms with Gasteiger partial charge in [-0.2, -0.15) is 0 Å². The number of ether oxygens (including phenoxy) is 1. The van der Waals surface area contributed by atoms with Crippen molar-refractivity contribution in [3.63, 3.8) is 0 Å². The molecule has 0 heterocycles. The average Bonchev–Trinajstić information content (AvgIpc) is 2.15. The van der Waals surface area contributed by atoms with Gasteiger partial charge in [-0.05, 0) is 17.8 Å². The molecule has 4 N–H and O–H groups in total. The molecule has 16 heavy (non-hydrogen) atoms. The van der Waals surface area contributed by atoms with Crippen LogP contribution in [-0.2, 0) is 11.3 Å². The van der Waals surface area contributed by atoms with E-state index in [0.717, 1.165) is 5.56 Å². The molecule has 0 spiro atoms. The fourth-order valence-electron chi connectivity index (χ4n) is 0.729. The van der Waals surface area contributed by atoms with Gasteiger partial charge in [-0.15, -0.1) is 0 Å². The number of thiocarbonyl (C=S) groups is 1. The molecule has 0 fully saturated rings. The van der Waals surface area contributed by atoms with E-state index >= 15 is 0 Å². The molecule has 0 saturated heterocycles. The normalized spacial score (nSPS) is 7.81. The summed E-state index contributed by atoms with van der Waals surface area (Å²) in [7, 11) is 0. The van der Waals surface area contributed by atoms with Crippen LogP contribution in [0.15, 0.2) is 30.3 Å². The fourth-order valence-corrected chi connectivity index (χ4v) is 0.788. The van der Waals surface area contributed by atoms with Crippen LogP contribution in [0.2, 0.25) is 0 Å². The van der Waals surface area contributed by atoms with Gasteiger partial charge < -0.3 is 19.1 Å². The van der Waals surface area contributed by atoms with Crippen LogP contribution in [-0.4, -0.2) is 48.2 Å². The van der Waals surface area contributed by atoms with Crippen molar-refractivity contribution >= 4 is 73.0 Å². The second-order valence-electron chi connectivity index (χ2n) is 2.43. The van der Waals surface area contributed by atoms with E-state index in [4.69, 9.17) is 15.3 Å². The zero-order valence-electron chi connectivity index (χ0n) is 10.6. The summed E-state index contributed by atoms with van der Waals surface area (Å²) in [5.74, 6) is 0. The zero-order valence-corrected chi connectivity index (χ0v) is 12.5. The van der Waals surface area contributed by atoms with Gasteiger partial charge in [0.15, 0.2) is 0 Å². The molecule has 4 nitrogen and oxygen atoms in total. The first-order valence-electron chi connectivity index (χ1n) is 3.97. The summed E-state index contributed by atoms with van der Waals surface area (Å²) in [6.45, 7) is 0.455. The Morgan fingerprint density at radius 2 is 1.81 bits per heavy atom. The molecule has 1 amide bonds. The maximum Gasteiger partial charge on any atom is 2.00 e. The molecule has 0 aliphatic carbocycles.